The van der Waals surface area contributed by atoms with Crippen LogP contribution in [0.3, 0.4) is 0 Å². The summed E-state index contributed by atoms with van der Waals surface area (Å²) in [6.07, 6.45) is 0. The quantitative estimate of drug-likeness (QED) is 0.0880. The fourth-order valence-corrected chi connectivity index (χ4v) is 7.78. The first-order valence-corrected chi connectivity index (χ1v) is 20.2. The third-order valence-corrected chi connectivity index (χ3v) is 11.5. The van der Waals surface area contributed by atoms with Gasteiger partial charge in [0.05, 0.1) is 39.1 Å². The Morgan fingerprint density at radius 1 is 0.247 bits per heavy atom. The topological polar surface area (TPSA) is 15.3 Å². The Balaban J connectivity index is 1.26. The van der Waals surface area contributed by atoms with Crippen molar-refractivity contribution < 1.29 is 114 Å². The lowest BCUT2D eigenvalue weighted by Crippen LogP contribution is -2.21. The highest BCUT2D eigenvalue weighted by molar-refractivity contribution is 5.85. The van der Waals surface area contributed by atoms with Crippen molar-refractivity contribution in [1.29, 1.82) is 0 Å². The van der Waals surface area contributed by atoms with Crippen LogP contribution < -0.4 is 10.2 Å². The van der Waals surface area contributed by atoms with Crippen LogP contribution in [-0.2, 0) is 0 Å². The van der Waals surface area contributed by atoms with Gasteiger partial charge in [0.1, 0.15) is 17.2 Å². The molecule has 2 nitrogen and oxygen atoms in total. The second-order valence-corrected chi connectivity index (χ2v) is 15.7. The molecule has 0 amide bonds. The maximum atomic E-state index is 16.5. The molecule has 77 heavy (non-hydrogen) atoms. The molecule has 0 bridgehead atoms. The first kappa shape index (κ1) is 54.8. The van der Waals surface area contributed by atoms with Gasteiger partial charge in [0.25, 0.3) is 0 Å². The maximum Gasteiger partial charge on any atom is 0.200 e. The molecule has 0 aliphatic rings. The van der Waals surface area contributed by atoms with E-state index < -0.39 is 224 Å². The van der Waals surface area contributed by atoms with E-state index in [1.807, 2.05) is 5.32 Å². The van der Waals surface area contributed by atoms with E-state index in [1.165, 1.54) is 0 Å². The van der Waals surface area contributed by atoms with Crippen molar-refractivity contribution >= 4 is 28.4 Å². The molecule has 0 saturated heterocycles. The van der Waals surface area contributed by atoms with Crippen molar-refractivity contribution in [2.45, 2.75) is 6.92 Å². The zero-order valence-corrected chi connectivity index (χ0v) is 36.4. The van der Waals surface area contributed by atoms with E-state index in [4.69, 9.17) is 0 Å². The number of nitrogens with one attached hydrogen (secondary N) is 1. The van der Waals surface area contributed by atoms with Gasteiger partial charge in [-0.15, -0.1) is 0 Å². The Morgan fingerprint density at radius 2 is 0.481 bits per heavy atom. The SMILES string of the molecule is Cc1c(F)c(-c2c(F)c(F)c(F)c(F)c2F)c(F)c(F)c1N(c1ccc(-c2ccc(Nc3c(F)c(F)c(-c4c(F)c(F)c(F)c(F)c4F)c(F)c3F)cc2)cc1)c1c(F)c(F)c(-c2c(F)c(F)c(F)c(F)c2F)c(F)c1F. The van der Waals surface area contributed by atoms with Crippen LogP contribution in [0.1, 0.15) is 5.56 Å². The largest absolute Gasteiger partial charge is 0.351 e. The number of anilines is 5. The molecule has 0 atom stereocenters. The van der Waals surface area contributed by atoms with Gasteiger partial charge in [-0.3, -0.25) is 0 Å². The van der Waals surface area contributed by atoms with Crippen LogP contribution >= 0.6 is 0 Å². The van der Waals surface area contributed by atoms with Gasteiger partial charge < -0.3 is 10.2 Å². The van der Waals surface area contributed by atoms with Gasteiger partial charge in [-0.2, -0.15) is 0 Å². The van der Waals surface area contributed by atoms with Gasteiger partial charge in [0.15, 0.2) is 128 Å². The van der Waals surface area contributed by atoms with Gasteiger partial charge in [0, 0.05) is 16.9 Å². The molecule has 400 valence electrons. The smallest absolute Gasteiger partial charge is 0.200 e. The zero-order valence-electron chi connectivity index (χ0n) is 36.4. The standard InChI is InChI=1S/C49H12F26N2/c1-10-21(50)15(16-22(51)33(62)39(68)34(63)23(16)52)30(59)44(73)48(10)77(49-45(74)31(60)20(32(61)46(49)75)18-26(55)37(66)41(70)38(67)27(18)56)14-8-4-12(5-9-14)11-2-6-13(7-3-11)76-47-42(71)28(57)19(29(58)43(47)72)17-24(53)35(64)40(69)36(65)25(17)54/h2-9,76H,1H3. The van der Waals surface area contributed by atoms with Crippen molar-refractivity contribution in [1.82, 2.24) is 0 Å². The highest BCUT2D eigenvalue weighted by atomic mass is 19.2. The molecule has 0 unspecified atom stereocenters. The van der Waals surface area contributed by atoms with Gasteiger partial charge >= 0.3 is 0 Å². The molecule has 8 aromatic rings. The van der Waals surface area contributed by atoms with Gasteiger partial charge in [-0.25, -0.2) is 114 Å². The number of rotatable bonds is 9. The molecule has 8 aromatic carbocycles. The van der Waals surface area contributed by atoms with Crippen LogP contribution in [0.4, 0.5) is 143 Å². The second kappa shape index (κ2) is 19.6. The second-order valence-electron chi connectivity index (χ2n) is 15.7. The molecule has 0 radical (unpaired) electrons. The minimum atomic E-state index is -3.06. The predicted octanol–water partition coefficient (Wildman–Crippen LogP) is 17.5. The molecule has 0 spiro atoms. The summed E-state index contributed by atoms with van der Waals surface area (Å²) in [6, 6.07) is 6.31. The van der Waals surface area contributed by atoms with E-state index in [1.54, 1.807) is 0 Å². The normalized spacial score (nSPS) is 11.6. The van der Waals surface area contributed by atoms with Crippen LogP contribution in [0, 0.1) is 158 Å². The Kier molecular flexibility index (Phi) is 13.9. The minimum absolute atomic E-state index is 0.109. The first-order valence-electron chi connectivity index (χ1n) is 20.2. The van der Waals surface area contributed by atoms with Crippen molar-refractivity contribution in [2.75, 3.05) is 10.2 Å². The fourth-order valence-electron chi connectivity index (χ4n) is 7.78. The van der Waals surface area contributed by atoms with Crippen LogP contribution in [0.5, 0.6) is 0 Å². The van der Waals surface area contributed by atoms with Crippen LogP contribution in [0.25, 0.3) is 44.5 Å². The Labute approximate surface area is 409 Å². The van der Waals surface area contributed by atoms with Crippen LogP contribution in [-0.4, -0.2) is 0 Å². The van der Waals surface area contributed by atoms with Crippen molar-refractivity contribution in [3.05, 3.63) is 205 Å². The van der Waals surface area contributed by atoms with E-state index in [9.17, 15) is 65.9 Å². The number of hydrogen-bond donors (Lipinski definition) is 1. The first-order chi connectivity index (χ1) is 36.0. The molecule has 1 N–H and O–H groups in total. The average Bonchev–Trinajstić information content (AvgIpc) is 3.42. The van der Waals surface area contributed by atoms with Gasteiger partial charge in [0.2, 0.25) is 17.5 Å². The lowest BCUT2D eigenvalue weighted by atomic mass is 9.96. The molecule has 0 heterocycles. The molecular formula is C49H12F26N2. The molecule has 28 heteroatoms. The lowest BCUT2D eigenvalue weighted by molar-refractivity contribution is 0.379. The number of hydrogen-bond acceptors (Lipinski definition) is 2. The summed E-state index contributed by atoms with van der Waals surface area (Å²) in [5.41, 5.74) is -24.6. The monoisotopic (exact) mass is 1120 g/mol. The van der Waals surface area contributed by atoms with Crippen molar-refractivity contribution in [3.63, 3.8) is 0 Å². The average molecular weight is 1120 g/mol. The van der Waals surface area contributed by atoms with Crippen molar-refractivity contribution in [2.24, 2.45) is 0 Å². The minimum Gasteiger partial charge on any atom is -0.351 e. The third-order valence-electron chi connectivity index (χ3n) is 11.5. The summed E-state index contributed by atoms with van der Waals surface area (Å²) >= 11 is 0. The van der Waals surface area contributed by atoms with Crippen LogP contribution in [0.2, 0.25) is 0 Å². The summed E-state index contributed by atoms with van der Waals surface area (Å²) in [6.45, 7) is 0.272. The van der Waals surface area contributed by atoms with Gasteiger partial charge in [-0.05, 0) is 42.3 Å². The Bertz CT molecular complexity index is 3550. The molecule has 8 rings (SSSR count). The molecule has 0 fully saturated rings. The summed E-state index contributed by atoms with van der Waals surface area (Å²) in [5, 5.41) is 1.84. The molecule has 0 aromatic heterocycles. The van der Waals surface area contributed by atoms with E-state index >= 15 is 48.3 Å². The Hall–Kier alpha value is -8.46. The van der Waals surface area contributed by atoms with Crippen molar-refractivity contribution in [3.8, 4) is 44.5 Å². The maximum absolute atomic E-state index is 16.5. The number of halogens is 26. The fraction of sp³-hybridized carbons (Fsp3) is 0.0204. The lowest BCUT2D eigenvalue weighted by Gasteiger charge is -2.30. The summed E-state index contributed by atoms with van der Waals surface area (Å²) in [5.74, 6) is -74.1. The summed E-state index contributed by atoms with van der Waals surface area (Å²) in [4.78, 5) is -0.479. The highest BCUT2D eigenvalue weighted by Crippen LogP contribution is 2.49. The van der Waals surface area contributed by atoms with E-state index in [-0.39, 0.29) is 18.1 Å². The van der Waals surface area contributed by atoms with Crippen LogP contribution in [0.15, 0.2) is 48.5 Å². The predicted molar refractivity (Wildman–Crippen MR) is 216 cm³/mol. The third kappa shape index (κ3) is 8.25. The zero-order chi connectivity index (χ0) is 57.0. The van der Waals surface area contributed by atoms with Gasteiger partial charge in [-0.1, -0.05) is 24.3 Å². The van der Waals surface area contributed by atoms with E-state index in [0.717, 1.165) is 36.4 Å². The summed E-state index contributed by atoms with van der Waals surface area (Å²) in [7, 11) is 0. The summed E-state index contributed by atoms with van der Waals surface area (Å²) < 4.78 is 388. The molecule has 0 saturated carbocycles. The molecule has 0 aliphatic heterocycles. The Morgan fingerprint density at radius 3 is 0.792 bits per heavy atom. The molecular weight excluding hydrogens is 1110 g/mol. The van der Waals surface area contributed by atoms with E-state index in [2.05, 4.69) is 0 Å². The number of benzene rings is 8. The molecule has 0 aliphatic carbocycles. The highest BCUT2D eigenvalue weighted by Gasteiger charge is 2.41. The van der Waals surface area contributed by atoms with E-state index in [0.29, 0.717) is 12.1 Å². The number of nitrogens with zero attached hydrogens (tertiary/aromatic N) is 1.